The van der Waals surface area contributed by atoms with Crippen LogP contribution < -0.4 is 21.1 Å². The zero-order valence-corrected chi connectivity index (χ0v) is 14.9. The molecule has 3 atom stereocenters. The van der Waals surface area contributed by atoms with Gasteiger partial charge in [0.1, 0.15) is 17.5 Å². The van der Waals surface area contributed by atoms with Crippen LogP contribution in [0.5, 0.6) is 5.75 Å². The Labute approximate surface area is 141 Å². The fourth-order valence-electron chi connectivity index (χ4n) is 3.00. The lowest BCUT2D eigenvalue weighted by molar-refractivity contribution is -0.0571. The van der Waals surface area contributed by atoms with Crippen LogP contribution in [0, 0.1) is 0 Å². The summed E-state index contributed by atoms with van der Waals surface area (Å²) in [6.45, 7) is 3.58. The Morgan fingerprint density at radius 2 is 1.83 bits per heavy atom. The molecule has 1 unspecified atom stereocenters. The van der Waals surface area contributed by atoms with Crippen molar-refractivity contribution < 1.29 is 18.9 Å². The standard InChI is InChI=1S/C18H22NO4P/c1-18(2)17(20)16(19)14-11-13(9-10-15(14)23-18)24(21,22-3)12-7-5-4-6-8-12/h4-11,16-17,20H,19H2,1-3H3/t16-,17+,24?/m1/s1. The Morgan fingerprint density at radius 3 is 2.46 bits per heavy atom. The Balaban J connectivity index is 2.11. The Kier molecular flexibility index (Phi) is 4.30. The van der Waals surface area contributed by atoms with Crippen LogP contribution in [0.15, 0.2) is 48.5 Å². The molecule has 2 aromatic carbocycles. The van der Waals surface area contributed by atoms with Crippen molar-refractivity contribution in [1.29, 1.82) is 0 Å². The third-order valence-electron chi connectivity index (χ3n) is 4.47. The van der Waals surface area contributed by atoms with E-state index in [9.17, 15) is 9.67 Å². The summed E-state index contributed by atoms with van der Waals surface area (Å²) in [6.07, 6.45) is -0.862. The number of hydrogen-bond acceptors (Lipinski definition) is 5. The van der Waals surface area contributed by atoms with E-state index < -0.39 is 25.1 Å². The second-order valence-corrected chi connectivity index (χ2v) is 8.97. The van der Waals surface area contributed by atoms with E-state index >= 15 is 0 Å². The molecule has 2 aromatic rings. The molecule has 0 radical (unpaired) electrons. The molecule has 0 fully saturated rings. The Morgan fingerprint density at radius 1 is 1.17 bits per heavy atom. The number of hydrogen-bond donors (Lipinski definition) is 2. The van der Waals surface area contributed by atoms with Gasteiger partial charge in [-0.3, -0.25) is 4.57 Å². The van der Waals surface area contributed by atoms with Gasteiger partial charge in [0, 0.05) is 23.3 Å². The van der Waals surface area contributed by atoms with Crippen LogP contribution >= 0.6 is 7.37 Å². The summed E-state index contributed by atoms with van der Waals surface area (Å²) in [6, 6.07) is 13.6. The molecule has 6 heteroatoms. The second kappa shape index (κ2) is 6.01. The monoisotopic (exact) mass is 347 g/mol. The van der Waals surface area contributed by atoms with E-state index in [1.165, 1.54) is 7.11 Å². The quantitative estimate of drug-likeness (QED) is 0.831. The van der Waals surface area contributed by atoms with Crippen LogP contribution in [0.2, 0.25) is 0 Å². The molecule has 5 nitrogen and oxygen atoms in total. The molecule has 3 N–H and O–H groups in total. The fourth-order valence-corrected chi connectivity index (χ4v) is 4.87. The van der Waals surface area contributed by atoms with Crippen molar-refractivity contribution in [3.05, 3.63) is 54.1 Å². The van der Waals surface area contributed by atoms with Crippen molar-refractivity contribution >= 4 is 18.0 Å². The second-order valence-electron chi connectivity index (χ2n) is 6.47. The van der Waals surface area contributed by atoms with E-state index in [4.69, 9.17) is 15.0 Å². The summed E-state index contributed by atoms with van der Waals surface area (Å²) < 4.78 is 24.7. The van der Waals surface area contributed by atoms with E-state index in [2.05, 4.69) is 0 Å². The molecule has 0 aliphatic carbocycles. The van der Waals surface area contributed by atoms with Gasteiger partial charge in [-0.15, -0.1) is 0 Å². The molecule has 0 saturated heterocycles. The van der Waals surface area contributed by atoms with E-state index in [-0.39, 0.29) is 0 Å². The fraction of sp³-hybridized carbons (Fsp3) is 0.333. The highest BCUT2D eigenvalue weighted by Gasteiger charge is 2.42. The summed E-state index contributed by atoms with van der Waals surface area (Å²) in [5.74, 6) is 0.595. The summed E-state index contributed by atoms with van der Waals surface area (Å²) in [4.78, 5) is 0. The summed E-state index contributed by atoms with van der Waals surface area (Å²) in [5.41, 5.74) is 6.05. The van der Waals surface area contributed by atoms with Crippen molar-refractivity contribution in [3.8, 4) is 5.75 Å². The number of nitrogens with two attached hydrogens (primary N) is 1. The highest BCUT2D eigenvalue weighted by molar-refractivity contribution is 7.74. The first kappa shape index (κ1) is 17.2. The first-order valence-corrected chi connectivity index (χ1v) is 9.40. The minimum Gasteiger partial charge on any atom is -0.485 e. The van der Waals surface area contributed by atoms with Crippen LogP contribution in [0.25, 0.3) is 0 Å². The third kappa shape index (κ3) is 2.68. The first-order chi connectivity index (χ1) is 11.3. The lowest BCUT2D eigenvalue weighted by atomic mass is 9.87. The Hall–Kier alpha value is -1.65. The van der Waals surface area contributed by atoms with E-state index in [0.717, 1.165) is 0 Å². The molecule has 3 rings (SSSR count). The largest absolute Gasteiger partial charge is 0.485 e. The van der Waals surface area contributed by atoms with Crippen LogP contribution in [-0.4, -0.2) is 23.9 Å². The van der Waals surface area contributed by atoms with E-state index in [0.29, 0.717) is 21.9 Å². The van der Waals surface area contributed by atoms with Gasteiger partial charge in [0.15, 0.2) is 0 Å². The number of fused-ring (bicyclic) bond motifs is 1. The molecule has 0 saturated carbocycles. The highest BCUT2D eigenvalue weighted by atomic mass is 31.2. The molecule has 0 amide bonds. The van der Waals surface area contributed by atoms with Crippen LogP contribution in [0.3, 0.4) is 0 Å². The van der Waals surface area contributed by atoms with Gasteiger partial charge in [-0.25, -0.2) is 0 Å². The maximum Gasteiger partial charge on any atom is 0.261 e. The first-order valence-electron chi connectivity index (χ1n) is 7.78. The summed E-state index contributed by atoms with van der Waals surface area (Å²) >= 11 is 0. The van der Waals surface area contributed by atoms with Crippen LogP contribution in [0.4, 0.5) is 0 Å². The number of rotatable bonds is 3. The normalized spacial score (nSPS) is 24.5. The minimum absolute atomic E-state index is 0.529. The zero-order chi connectivity index (χ0) is 17.5. The minimum atomic E-state index is -3.22. The molecule has 0 spiro atoms. The van der Waals surface area contributed by atoms with Gasteiger partial charge < -0.3 is 20.1 Å². The van der Waals surface area contributed by atoms with Gasteiger partial charge >= 0.3 is 0 Å². The average molecular weight is 347 g/mol. The SMILES string of the molecule is COP(=O)(c1ccccc1)c1ccc2c(c1)[C@@H](N)[C@H](O)C(C)(C)O2. The molecule has 128 valence electrons. The number of benzene rings is 2. The maximum atomic E-state index is 13.4. The summed E-state index contributed by atoms with van der Waals surface area (Å²) in [5, 5.41) is 11.5. The number of aliphatic hydroxyl groups excluding tert-OH is 1. The van der Waals surface area contributed by atoms with Crippen molar-refractivity contribution in [2.24, 2.45) is 5.73 Å². The number of aliphatic hydroxyl groups is 1. The van der Waals surface area contributed by atoms with Crippen molar-refractivity contribution in [3.63, 3.8) is 0 Å². The van der Waals surface area contributed by atoms with Crippen molar-refractivity contribution in [1.82, 2.24) is 0 Å². The third-order valence-corrected chi connectivity index (χ3v) is 6.92. The lowest BCUT2D eigenvalue weighted by Gasteiger charge is -2.41. The van der Waals surface area contributed by atoms with E-state index in [1.807, 2.05) is 18.2 Å². The molecule has 1 heterocycles. The zero-order valence-electron chi connectivity index (χ0n) is 14.0. The van der Waals surface area contributed by atoms with Gasteiger partial charge in [-0.1, -0.05) is 18.2 Å². The molecule has 0 bridgehead atoms. The van der Waals surface area contributed by atoms with Gasteiger partial charge in [-0.2, -0.15) is 0 Å². The van der Waals surface area contributed by atoms with Gasteiger partial charge in [-0.05, 0) is 44.2 Å². The van der Waals surface area contributed by atoms with Crippen LogP contribution in [0.1, 0.15) is 25.5 Å². The Bertz CT molecular complexity index is 791. The smallest absolute Gasteiger partial charge is 0.261 e. The molecule has 1 aliphatic rings. The number of ether oxygens (including phenoxy) is 1. The van der Waals surface area contributed by atoms with Gasteiger partial charge in [0.05, 0.1) is 6.04 Å². The molecule has 0 aromatic heterocycles. The van der Waals surface area contributed by atoms with Crippen molar-refractivity contribution in [2.45, 2.75) is 31.6 Å². The van der Waals surface area contributed by atoms with Gasteiger partial charge in [0.25, 0.3) is 7.37 Å². The average Bonchev–Trinajstić information content (AvgIpc) is 2.59. The van der Waals surface area contributed by atoms with Gasteiger partial charge in [0.2, 0.25) is 0 Å². The van der Waals surface area contributed by atoms with Crippen molar-refractivity contribution in [2.75, 3.05) is 7.11 Å². The highest BCUT2D eigenvalue weighted by Crippen LogP contribution is 2.46. The predicted molar refractivity (Wildman–Crippen MR) is 94.4 cm³/mol. The molecule has 1 aliphatic heterocycles. The topological polar surface area (TPSA) is 81.8 Å². The summed E-state index contributed by atoms with van der Waals surface area (Å²) in [7, 11) is -1.79. The van der Waals surface area contributed by atoms with E-state index in [1.54, 1.807) is 44.2 Å². The maximum absolute atomic E-state index is 13.4. The predicted octanol–water partition coefficient (Wildman–Crippen LogP) is 2.09. The molecule has 24 heavy (non-hydrogen) atoms. The molecular formula is C18H22NO4P. The lowest BCUT2D eigenvalue weighted by Crippen LogP contribution is -2.51. The molecular weight excluding hydrogens is 325 g/mol. The van der Waals surface area contributed by atoms with Crippen LogP contribution in [-0.2, 0) is 9.09 Å².